The highest BCUT2D eigenvalue weighted by Crippen LogP contribution is 2.17. The van der Waals surface area contributed by atoms with Crippen molar-refractivity contribution in [2.24, 2.45) is 4.99 Å². The number of amidine groups is 1. The van der Waals surface area contributed by atoms with Crippen LogP contribution < -0.4 is 0 Å². The Morgan fingerprint density at radius 3 is 2.44 bits per heavy atom. The first-order valence-corrected chi connectivity index (χ1v) is 5.85. The zero-order chi connectivity index (χ0) is 13.5. The molecule has 2 heterocycles. The van der Waals surface area contributed by atoms with Crippen LogP contribution in [0.5, 0.6) is 0 Å². The van der Waals surface area contributed by atoms with Crippen LogP contribution in [0, 0.1) is 0 Å². The minimum absolute atomic E-state index is 0.301. The van der Waals surface area contributed by atoms with Gasteiger partial charge in [-0.25, -0.2) is 9.59 Å². The largest absolute Gasteiger partial charge is 0.473 e. The van der Waals surface area contributed by atoms with E-state index < -0.39 is 11.9 Å². The standard InChI is InChI=1S/C9H16N2O.C2H2O4/c1-11-6-3-5-10-9(11)8-4-2-7-12-8;3-1(4)2(5)6/h8H,2-7H2,1H3;(H,3,4)(H,5,6). The normalized spacial score (nSPS) is 22.8. The predicted octanol–water partition coefficient (Wildman–Crippen LogP) is 0.0550. The summed E-state index contributed by atoms with van der Waals surface area (Å²) < 4.78 is 5.59. The van der Waals surface area contributed by atoms with E-state index in [1.54, 1.807) is 0 Å². The molecule has 0 aromatic rings. The summed E-state index contributed by atoms with van der Waals surface area (Å²) in [5, 5.41) is 14.8. The number of aliphatic carboxylic acids is 2. The van der Waals surface area contributed by atoms with Crippen LogP contribution >= 0.6 is 0 Å². The van der Waals surface area contributed by atoms with Crippen LogP contribution in [0.1, 0.15) is 19.3 Å². The lowest BCUT2D eigenvalue weighted by Gasteiger charge is -2.28. The van der Waals surface area contributed by atoms with Crippen molar-refractivity contribution in [2.75, 3.05) is 26.7 Å². The Bertz CT molecular complexity index is 324. The Hall–Kier alpha value is -1.63. The summed E-state index contributed by atoms with van der Waals surface area (Å²) in [6, 6.07) is 0. The van der Waals surface area contributed by atoms with E-state index in [9.17, 15) is 0 Å². The van der Waals surface area contributed by atoms with E-state index in [4.69, 9.17) is 24.5 Å². The molecule has 1 fully saturated rings. The molecule has 0 radical (unpaired) electrons. The monoisotopic (exact) mass is 258 g/mol. The molecular formula is C11H18N2O5. The summed E-state index contributed by atoms with van der Waals surface area (Å²) in [5.41, 5.74) is 0. The Balaban J connectivity index is 0.000000232. The molecule has 2 aliphatic rings. The number of carboxylic acid groups (broad SMARTS) is 2. The number of likely N-dealkylation sites (N-methyl/N-ethyl adjacent to an activating group) is 1. The van der Waals surface area contributed by atoms with Gasteiger partial charge in [0.05, 0.1) is 0 Å². The summed E-state index contributed by atoms with van der Waals surface area (Å²) in [6.07, 6.45) is 3.84. The molecule has 7 nitrogen and oxygen atoms in total. The van der Waals surface area contributed by atoms with Crippen molar-refractivity contribution in [1.29, 1.82) is 0 Å². The summed E-state index contributed by atoms with van der Waals surface area (Å²) in [6.45, 7) is 3.04. The van der Waals surface area contributed by atoms with E-state index in [0.717, 1.165) is 26.1 Å². The van der Waals surface area contributed by atoms with Gasteiger partial charge in [0.2, 0.25) is 0 Å². The van der Waals surface area contributed by atoms with Crippen LogP contribution in [0.3, 0.4) is 0 Å². The van der Waals surface area contributed by atoms with Gasteiger partial charge in [0.1, 0.15) is 11.9 Å². The van der Waals surface area contributed by atoms with Crippen LogP contribution in [0.15, 0.2) is 4.99 Å². The summed E-state index contributed by atoms with van der Waals surface area (Å²) >= 11 is 0. The fourth-order valence-corrected chi connectivity index (χ4v) is 1.87. The molecule has 1 unspecified atom stereocenters. The minimum Gasteiger partial charge on any atom is -0.473 e. The van der Waals surface area contributed by atoms with Gasteiger partial charge in [-0.2, -0.15) is 0 Å². The first kappa shape index (κ1) is 14.4. The molecule has 18 heavy (non-hydrogen) atoms. The first-order chi connectivity index (χ1) is 8.52. The van der Waals surface area contributed by atoms with Crippen molar-refractivity contribution in [3.8, 4) is 0 Å². The second-order valence-electron chi connectivity index (χ2n) is 4.13. The lowest BCUT2D eigenvalue weighted by atomic mass is 10.2. The third-order valence-corrected chi connectivity index (χ3v) is 2.72. The predicted molar refractivity (Wildman–Crippen MR) is 63.8 cm³/mol. The highest BCUT2D eigenvalue weighted by atomic mass is 16.5. The van der Waals surface area contributed by atoms with E-state index in [1.807, 2.05) is 0 Å². The maximum atomic E-state index is 9.10. The quantitative estimate of drug-likeness (QED) is 0.645. The highest BCUT2D eigenvalue weighted by Gasteiger charge is 2.25. The van der Waals surface area contributed by atoms with Gasteiger partial charge in [0, 0.05) is 26.7 Å². The van der Waals surface area contributed by atoms with Crippen LogP contribution in [0.2, 0.25) is 0 Å². The number of ether oxygens (including phenoxy) is 1. The van der Waals surface area contributed by atoms with E-state index in [0.29, 0.717) is 6.10 Å². The molecule has 1 atom stereocenters. The summed E-state index contributed by atoms with van der Waals surface area (Å²) in [7, 11) is 2.11. The molecule has 0 bridgehead atoms. The van der Waals surface area contributed by atoms with Gasteiger partial charge in [-0.15, -0.1) is 0 Å². The molecule has 1 saturated heterocycles. The fraction of sp³-hybridized carbons (Fsp3) is 0.727. The lowest BCUT2D eigenvalue weighted by molar-refractivity contribution is -0.159. The van der Waals surface area contributed by atoms with Gasteiger partial charge < -0.3 is 19.8 Å². The number of aliphatic imine (C=N–C) groups is 1. The Morgan fingerprint density at radius 1 is 1.33 bits per heavy atom. The van der Waals surface area contributed by atoms with Crippen molar-refractivity contribution < 1.29 is 24.5 Å². The maximum Gasteiger partial charge on any atom is 0.414 e. The zero-order valence-electron chi connectivity index (χ0n) is 10.3. The van der Waals surface area contributed by atoms with Crippen LogP contribution in [0.4, 0.5) is 0 Å². The molecule has 2 rings (SSSR count). The first-order valence-electron chi connectivity index (χ1n) is 5.85. The molecule has 0 aliphatic carbocycles. The highest BCUT2D eigenvalue weighted by molar-refractivity contribution is 6.27. The third-order valence-electron chi connectivity index (χ3n) is 2.72. The van der Waals surface area contributed by atoms with E-state index in [-0.39, 0.29) is 0 Å². The molecule has 2 aliphatic heterocycles. The van der Waals surface area contributed by atoms with Gasteiger partial charge in [0.15, 0.2) is 0 Å². The Kier molecular flexibility index (Phi) is 5.57. The average Bonchev–Trinajstić information content (AvgIpc) is 2.83. The van der Waals surface area contributed by atoms with Gasteiger partial charge in [0.25, 0.3) is 0 Å². The fourth-order valence-electron chi connectivity index (χ4n) is 1.87. The molecule has 0 amide bonds. The summed E-state index contributed by atoms with van der Waals surface area (Å²) in [4.78, 5) is 24.9. The molecule has 0 saturated carbocycles. The van der Waals surface area contributed by atoms with Crippen molar-refractivity contribution in [1.82, 2.24) is 4.90 Å². The van der Waals surface area contributed by atoms with Crippen molar-refractivity contribution in [3.05, 3.63) is 0 Å². The second-order valence-corrected chi connectivity index (χ2v) is 4.13. The maximum absolute atomic E-state index is 9.10. The van der Waals surface area contributed by atoms with Crippen LogP contribution in [0.25, 0.3) is 0 Å². The van der Waals surface area contributed by atoms with E-state index in [2.05, 4.69) is 16.9 Å². The van der Waals surface area contributed by atoms with Crippen molar-refractivity contribution in [2.45, 2.75) is 25.4 Å². The van der Waals surface area contributed by atoms with E-state index >= 15 is 0 Å². The number of hydrogen-bond acceptors (Lipinski definition) is 5. The lowest BCUT2D eigenvalue weighted by Crippen LogP contribution is -2.39. The van der Waals surface area contributed by atoms with Crippen molar-refractivity contribution >= 4 is 17.8 Å². The zero-order valence-corrected chi connectivity index (χ0v) is 10.3. The molecular weight excluding hydrogens is 240 g/mol. The van der Waals surface area contributed by atoms with E-state index in [1.165, 1.54) is 18.7 Å². The minimum atomic E-state index is -1.82. The third kappa shape index (κ3) is 4.33. The topological polar surface area (TPSA) is 99.4 Å². The number of carboxylic acids is 2. The van der Waals surface area contributed by atoms with Gasteiger partial charge >= 0.3 is 11.9 Å². The van der Waals surface area contributed by atoms with Crippen molar-refractivity contribution in [3.63, 3.8) is 0 Å². The average molecular weight is 258 g/mol. The second kappa shape index (κ2) is 6.95. The smallest absolute Gasteiger partial charge is 0.414 e. The number of hydrogen-bond donors (Lipinski definition) is 2. The Labute approximate surface area is 105 Å². The number of rotatable bonds is 1. The molecule has 0 spiro atoms. The van der Waals surface area contributed by atoms with Gasteiger partial charge in [-0.05, 0) is 19.3 Å². The number of carbonyl (C=O) groups is 2. The van der Waals surface area contributed by atoms with Crippen LogP contribution in [-0.4, -0.2) is 65.7 Å². The molecule has 7 heteroatoms. The Morgan fingerprint density at radius 2 is 2.00 bits per heavy atom. The molecule has 0 aromatic carbocycles. The SMILES string of the molecule is CN1CCCN=C1C1CCCO1.O=C(O)C(=O)O. The molecule has 102 valence electrons. The molecule has 2 N–H and O–H groups in total. The van der Waals surface area contributed by atoms with Gasteiger partial charge in [-0.1, -0.05) is 0 Å². The summed E-state index contributed by atoms with van der Waals surface area (Å²) in [5.74, 6) is -2.47. The molecule has 0 aromatic heterocycles. The number of nitrogens with zero attached hydrogens (tertiary/aromatic N) is 2. The van der Waals surface area contributed by atoms with Crippen LogP contribution in [-0.2, 0) is 14.3 Å². The van der Waals surface area contributed by atoms with Gasteiger partial charge in [-0.3, -0.25) is 4.99 Å².